The smallest absolute Gasteiger partial charge is 0.313 e. The van der Waals surface area contributed by atoms with Crippen LogP contribution in [-0.2, 0) is 14.3 Å². The average molecular weight is 365 g/mol. The Kier molecular flexibility index (Phi) is 7.41. The van der Waals surface area contributed by atoms with Crippen molar-refractivity contribution in [2.45, 2.75) is 19.3 Å². The lowest BCUT2D eigenvalue weighted by molar-refractivity contribution is -0.155. The van der Waals surface area contributed by atoms with Gasteiger partial charge in [-0.15, -0.1) is 0 Å². The summed E-state index contributed by atoms with van der Waals surface area (Å²) < 4.78 is 15.7. The monoisotopic (exact) mass is 365 g/mol. The fourth-order valence-electron chi connectivity index (χ4n) is 3.23. The van der Waals surface area contributed by atoms with Crippen LogP contribution in [0.15, 0.2) is 24.3 Å². The molecule has 1 saturated heterocycles. The lowest BCUT2D eigenvalue weighted by Gasteiger charge is -2.39. The van der Waals surface area contributed by atoms with Crippen molar-refractivity contribution in [2.75, 3.05) is 47.1 Å². The largest absolute Gasteiger partial charge is 0.493 e. The van der Waals surface area contributed by atoms with Crippen molar-refractivity contribution in [1.82, 2.24) is 4.90 Å². The SMILES string of the molecule is COCCCOc1cccc(C(=O)N2CCCC(COC)(C(=O)O)C2)c1. The molecule has 26 heavy (non-hydrogen) atoms. The maximum Gasteiger partial charge on any atom is 0.313 e. The van der Waals surface area contributed by atoms with Crippen molar-refractivity contribution in [3.8, 4) is 5.75 Å². The highest BCUT2D eigenvalue weighted by Gasteiger charge is 2.44. The van der Waals surface area contributed by atoms with E-state index in [1.807, 2.05) is 0 Å². The van der Waals surface area contributed by atoms with E-state index < -0.39 is 11.4 Å². The van der Waals surface area contributed by atoms with Crippen molar-refractivity contribution < 1.29 is 28.9 Å². The van der Waals surface area contributed by atoms with E-state index in [-0.39, 0.29) is 19.1 Å². The van der Waals surface area contributed by atoms with Gasteiger partial charge >= 0.3 is 5.97 Å². The summed E-state index contributed by atoms with van der Waals surface area (Å²) in [6.45, 7) is 1.90. The highest BCUT2D eigenvalue weighted by atomic mass is 16.5. The van der Waals surface area contributed by atoms with Gasteiger partial charge in [0.25, 0.3) is 5.91 Å². The molecule has 1 amide bonds. The molecule has 0 aliphatic carbocycles. The summed E-state index contributed by atoms with van der Waals surface area (Å²) in [6.07, 6.45) is 1.90. The number of piperidine rings is 1. The van der Waals surface area contributed by atoms with Crippen LogP contribution in [0.3, 0.4) is 0 Å². The normalized spacial score (nSPS) is 20.0. The number of likely N-dealkylation sites (tertiary alicyclic amines) is 1. The van der Waals surface area contributed by atoms with Gasteiger partial charge in [-0.2, -0.15) is 0 Å². The minimum atomic E-state index is -1.04. The van der Waals surface area contributed by atoms with Crippen molar-refractivity contribution in [3.63, 3.8) is 0 Å². The summed E-state index contributed by atoms with van der Waals surface area (Å²) in [5.41, 5.74) is -0.551. The number of carbonyl (C=O) groups excluding carboxylic acids is 1. The van der Waals surface area contributed by atoms with Crippen LogP contribution in [0.25, 0.3) is 0 Å². The molecular weight excluding hydrogens is 338 g/mol. The maximum atomic E-state index is 12.9. The van der Waals surface area contributed by atoms with Crippen LogP contribution < -0.4 is 4.74 Å². The minimum absolute atomic E-state index is 0.0920. The van der Waals surface area contributed by atoms with E-state index in [0.29, 0.717) is 43.9 Å². The fourth-order valence-corrected chi connectivity index (χ4v) is 3.23. The molecule has 0 spiro atoms. The van der Waals surface area contributed by atoms with Crippen LogP contribution in [-0.4, -0.2) is 69.0 Å². The molecule has 7 nitrogen and oxygen atoms in total. The Bertz CT molecular complexity index is 616. The van der Waals surface area contributed by atoms with E-state index in [4.69, 9.17) is 14.2 Å². The van der Waals surface area contributed by atoms with Gasteiger partial charge in [-0.25, -0.2) is 0 Å². The number of nitrogens with zero attached hydrogens (tertiary/aromatic N) is 1. The number of ether oxygens (including phenoxy) is 3. The molecule has 1 aromatic rings. The molecule has 0 radical (unpaired) electrons. The zero-order chi connectivity index (χ0) is 19.0. The van der Waals surface area contributed by atoms with Crippen LogP contribution in [0.5, 0.6) is 5.75 Å². The summed E-state index contributed by atoms with van der Waals surface area (Å²) in [4.78, 5) is 26.2. The third-order valence-electron chi connectivity index (χ3n) is 4.58. The van der Waals surface area contributed by atoms with Crippen LogP contribution in [0.4, 0.5) is 0 Å². The van der Waals surface area contributed by atoms with Gasteiger partial charge in [0.15, 0.2) is 0 Å². The lowest BCUT2D eigenvalue weighted by atomic mass is 9.80. The molecule has 1 aromatic carbocycles. The molecule has 0 saturated carbocycles. The van der Waals surface area contributed by atoms with E-state index in [2.05, 4.69) is 0 Å². The molecule has 1 atom stereocenters. The van der Waals surface area contributed by atoms with Gasteiger partial charge in [0.2, 0.25) is 0 Å². The van der Waals surface area contributed by atoms with Gasteiger partial charge < -0.3 is 24.2 Å². The molecule has 1 unspecified atom stereocenters. The van der Waals surface area contributed by atoms with Crippen molar-refractivity contribution in [3.05, 3.63) is 29.8 Å². The van der Waals surface area contributed by atoms with E-state index in [1.54, 1.807) is 36.3 Å². The van der Waals surface area contributed by atoms with Gasteiger partial charge in [0.05, 0.1) is 13.2 Å². The Hall–Kier alpha value is -2.12. The van der Waals surface area contributed by atoms with E-state index in [9.17, 15) is 14.7 Å². The third-order valence-corrected chi connectivity index (χ3v) is 4.58. The quantitative estimate of drug-likeness (QED) is 0.674. The molecule has 1 N–H and O–H groups in total. The van der Waals surface area contributed by atoms with Gasteiger partial charge in [0, 0.05) is 45.9 Å². The number of benzene rings is 1. The van der Waals surface area contributed by atoms with E-state index in [0.717, 1.165) is 6.42 Å². The third kappa shape index (κ3) is 4.95. The molecule has 1 heterocycles. The summed E-state index contributed by atoms with van der Waals surface area (Å²) in [6, 6.07) is 6.98. The summed E-state index contributed by atoms with van der Waals surface area (Å²) in [7, 11) is 3.12. The van der Waals surface area contributed by atoms with Gasteiger partial charge in [0.1, 0.15) is 11.2 Å². The second-order valence-corrected chi connectivity index (χ2v) is 6.57. The average Bonchev–Trinajstić information content (AvgIpc) is 2.65. The Morgan fingerprint density at radius 2 is 2.04 bits per heavy atom. The summed E-state index contributed by atoms with van der Waals surface area (Å²) in [5.74, 6) is -0.494. The molecular formula is C19H27NO6. The number of methoxy groups -OCH3 is 2. The van der Waals surface area contributed by atoms with Gasteiger partial charge in [-0.05, 0) is 31.0 Å². The number of carbonyl (C=O) groups is 2. The van der Waals surface area contributed by atoms with Crippen LogP contribution in [0.1, 0.15) is 29.6 Å². The first kappa shape index (κ1) is 20.2. The zero-order valence-corrected chi connectivity index (χ0v) is 15.4. The van der Waals surface area contributed by atoms with E-state index >= 15 is 0 Å². The lowest BCUT2D eigenvalue weighted by Crippen LogP contribution is -2.52. The Morgan fingerprint density at radius 1 is 1.23 bits per heavy atom. The van der Waals surface area contributed by atoms with Crippen LogP contribution in [0.2, 0.25) is 0 Å². The first-order chi connectivity index (χ1) is 12.5. The first-order valence-corrected chi connectivity index (χ1v) is 8.76. The standard InChI is InChI=1S/C19H27NO6/c1-24-10-5-11-26-16-7-3-6-15(12-16)17(21)20-9-4-8-19(13-20,14-25-2)18(22)23/h3,6-7,12H,4-5,8-11,13-14H2,1-2H3,(H,22,23). The predicted molar refractivity (Wildman–Crippen MR) is 95.5 cm³/mol. The number of amides is 1. The van der Waals surface area contributed by atoms with E-state index in [1.165, 1.54) is 7.11 Å². The molecule has 7 heteroatoms. The zero-order valence-electron chi connectivity index (χ0n) is 15.4. The van der Waals surface area contributed by atoms with Crippen molar-refractivity contribution >= 4 is 11.9 Å². The number of hydrogen-bond acceptors (Lipinski definition) is 5. The number of rotatable bonds is 9. The minimum Gasteiger partial charge on any atom is -0.493 e. The fraction of sp³-hybridized carbons (Fsp3) is 0.579. The Balaban J connectivity index is 2.06. The van der Waals surface area contributed by atoms with Gasteiger partial charge in [-0.1, -0.05) is 6.07 Å². The van der Waals surface area contributed by atoms with Crippen molar-refractivity contribution in [2.24, 2.45) is 5.41 Å². The first-order valence-electron chi connectivity index (χ1n) is 8.76. The maximum absolute atomic E-state index is 12.9. The predicted octanol–water partition coefficient (Wildman–Crippen LogP) is 2.06. The summed E-state index contributed by atoms with van der Waals surface area (Å²) >= 11 is 0. The molecule has 2 rings (SSSR count). The Morgan fingerprint density at radius 3 is 2.73 bits per heavy atom. The van der Waals surface area contributed by atoms with Crippen LogP contribution >= 0.6 is 0 Å². The molecule has 1 aliphatic rings. The second-order valence-electron chi connectivity index (χ2n) is 6.57. The molecule has 0 aromatic heterocycles. The van der Waals surface area contributed by atoms with Crippen molar-refractivity contribution in [1.29, 1.82) is 0 Å². The molecule has 1 fully saturated rings. The number of carboxylic acids is 1. The number of aliphatic carboxylic acids is 1. The number of hydrogen-bond donors (Lipinski definition) is 1. The molecule has 144 valence electrons. The molecule has 1 aliphatic heterocycles. The Labute approximate surface area is 153 Å². The number of carboxylic acid groups (broad SMARTS) is 1. The van der Waals surface area contributed by atoms with Gasteiger partial charge in [-0.3, -0.25) is 9.59 Å². The summed E-state index contributed by atoms with van der Waals surface area (Å²) in [5, 5.41) is 9.63. The topological polar surface area (TPSA) is 85.3 Å². The van der Waals surface area contributed by atoms with Crippen LogP contribution in [0, 0.1) is 5.41 Å². The molecule has 0 bridgehead atoms. The highest BCUT2D eigenvalue weighted by Crippen LogP contribution is 2.31. The highest BCUT2D eigenvalue weighted by molar-refractivity contribution is 5.95. The second kappa shape index (κ2) is 9.54.